The number of methoxy groups -OCH3 is 1. The Morgan fingerprint density at radius 2 is 1.87 bits per heavy atom. The monoisotopic (exact) mass is 552 g/mol. The fourth-order valence-corrected chi connectivity index (χ4v) is 5.48. The van der Waals surface area contributed by atoms with E-state index in [0.717, 1.165) is 24.5 Å². The Morgan fingerprint density at radius 3 is 2.62 bits per heavy atom. The molecule has 1 aliphatic carbocycles. The predicted octanol–water partition coefficient (Wildman–Crippen LogP) is 6.73. The maximum absolute atomic E-state index is 13.5. The fraction of sp³-hybridized carbons (Fsp3) is 0.276. The third-order valence-corrected chi connectivity index (χ3v) is 7.36. The average molecular weight is 553 g/mol. The van der Waals surface area contributed by atoms with Crippen molar-refractivity contribution in [3.63, 3.8) is 0 Å². The normalized spacial score (nSPS) is 19.5. The van der Waals surface area contributed by atoms with Gasteiger partial charge in [-0.15, -0.1) is 0 Å². The number of carbonyl (C=O) groups is 1. The second-order valence-electron chi connectivity index (χ2n) is 9.63. The standard InChI is InChI=1S/C29H27F3N4O2S/c1-38-25-11-5-3-9-21(25)22-13-12-18(17-33-22)27(37)34-19-7-6-14-28(39,16-19)36-24-15-26(29(30,31)32)35-23-10-4-2-8-20(23)24/h2-5,8-13,15,17,19,39H,6-7,14,16H2,1H3,(H,34,37)(H,35,36)/t19-,28+/m1/s1. The van der Waals surface area contributed by atoms with E-state index in [4.69, 9.17) is 17.4 Å². The van der Waals surface area contributed by atoms with Crippen LogP contribution in [-0.4, -0.2) is 33.9 Å². The van der Waals surface area contributed by atoms with E-state index in [0.29, 0.717) is 40.9 Å². The Labute approximate surface area is 229 Å². The molecule has 1 aliphatic rings. The number of ether oxygens (including phenoxy) is 1. The van der Waals surface area contributed by atoms with Gasteiger partial charge in [-0.2, -0.15) is 25.8 Å². The van der Waals surface area contributed by atoms with Crippen molar-refractivity contribution in [3.8, 4) is 17.0 Å². The Bertz CT molecular complexity index is 1500. The number of fused-ring (bicyclic) bond motifs is 1. The van der Waals surface area contributed by atoms with Crippen molar-refractivity contribution in [2.24, 2.45) is 0 Å². The van der Waals surface area contributed by atoms with E-state index in [2.05, 4.69) is 20.6 Å². The highest BCUT2D eigenvalue weighted by Gasteiger charge is 2.37. The number of para-hydroxylation sites is 2. The zero-order valence-electron chi connectivity index (χ0n) is 21.1. The quantitative estimate of drug-likeness (QED) is 0.183. The zero-order chi connectivity index (χ0) is 27.6. The molecule has 2 aromatic heterocycles. The summed E-state index contributed by atoms with van der Waals surface area (Å²) in [7, 11) is 1.59. The molecular weight excluding hydrogens is 525 g/mol. The van der Waals surface area contributed by atoms with Crippen LogP contribution in [0.4, 0.5) is 18.9 Å². The number of halogens is 3. The first-order valence-electron chi connectivity index (χ1n) is 12.5. The van der Waals surface area contributed by atoms with Gasteiger partial charge < -0.3 is 15.4 Å². The van der Waals surface area contributed by atoms with E-state index < -0.39 is 16.7 Å². The van der Waals surface area contributed by atoms with Crippen LogP contribution in [0.15, 0.2) is 72.9 Å². The molecule has 1 amide bonds. The molecule has 0 aliphatic heterocycles. The van der Waals surface area contributed by atoms with Crippen LogP contribution in [0, 0.1) is 0 Å². The smallest absolute Gasteiger partial charge is 0.433 e. The van der Waals surface area contributed by atoms with Gasteiger partial charge in [0.15, 0.2) is 0 Å². The van der Waals surface area contributed by atoms with Gasteiger partial charge in [0.05, 0.1) is 28.8 Å². The molecule has 4 aromatic rings. The van der Waals surface area contributed by atoms with E-state index in [1.807, 2.05) is 24.3 Å². The molecule has 5 rings (SSSR count). The minimum Gasteiger partial charge on any atom is -0.496 e. The number of carbonyl (C=O) groups excluding carboxylic acids is 1. The minimum atomic E-state index is -4.58. The first kappa shape index (κ1) is 26.8. The van der Waals surface area contributed by atoms with Gasteiger partial charge >= 0.3 is 6.18 Å². The molecule has 6 nitrogen and oxygen atoms in total. The van der Waals surface area contributed by atoms with Gasteiger partial charge in [-0.25, -0.2) is 4.98 Å². The lowest BCUT2D eigenvalue weighted by Crippen LogP contribution is -2.46. The number of hydrogen-bond acceptors (Lipinski definition) is 6. The van der Waals surface area contributed by atoms with Crippen LogP contribution in [0.3, 0.4) is 0 Å². The lowest BCUT2D eigenvalue weighted by atomic mass is 9.89. The van der Waals surface area contributed by atoms with Crippen LogP contribution in [0.25, 0.3) is 22.2 Å². The topological polar surface area (TPSA) is 76.1 Å². The van der Waals surface area contributed by atoms with Crippen molar-refractivity contribution in [3.05, 3.63) is 84.2 Å². The number of nitrogens with zero attached hydrogens (tertiary/aromatic N) is 2. The van der Waals surface area contributed by atoms with Crippen LogP contribution >= 0.6 is 12.6 Å². The molecule has 2 aromatic carbocycles. The molecule has 10 heteroatoms. The summed E-state index contributed by atoms with van der Waals surface area (Å²) < 4.78 is 46.0. The lowest BCUT2D eigenvalue weighted by Gasteiger charge is -2.39. The number of pyridine rings is 2. The molecule has 0 radical (unpaired) electrons. The van der Waals surface area contributed by atoms with Crippen molar-refractivity contribution >= 4 is 35.1 Å². The van der Waals surface area contributed by atoms with Gasteiger partial charge in [-0.05, 0) is 62.1 Å². The molecule has 0 unspecified atom stereocenters. The largest absolute Gasteiger partial charge is 0.496 e. The van der Waals surface area contributed by atoms with Gasteiger partial charge in [0, 0.05) is 28.9 Å². The molecular formula is C29H27F3N4O2S. The highest BCUT2D eigenvalue weighted by atomic mass is 32.1. The number of rotatable bonds is 6. The van der Waals surface area contributed by atoms with Crippen molar-refractivity contribution in [2.75, 3.05) is 12.4 Å². The number of thiol groups is 1. The maximum atomic E-state index is 13.5. The Morgan fingerprint density at radius 1 is 1.10 bits per heavy atom. The molecule has 0 bridgehead atoms. The van der Waals surface area contributed by atoms with Crippen LogP contribution in [0.1, 0.15) is 41.7 Å². The molecule has 0 spiro atoms. The number of anilines is 1. The second-order valence-corrected chi connectivity index (χ2v) is 10.5. The van der Waals surface area contributed by atoms with Crippen molar-refractivity contribution in [1.82, 2.24) is 15.3 Å². The molecule has 2 atom stereocenters. The van der Waals surface area contributed by atoms with Crippen molar-refractivity contribution < 1.29 is 22.7 Å². The SMILES string of the molecule is COc1ccccc1-c1ccc(C(=O)N[C@@H]2CCC[C@@](S)(Nc3cc(C(F)(F)F)nc4ccccc34)C2)cn1. The van der Waals surface area contributed by atoms with E-state index in [1.54, 1.807) is 43.5 Å². The van der Waals surface area contributed by atoms with E-state index in [-0.39, 0.29) is 17.5 Å². The van der Waals surface area contributed by atoms with Crippen molar-refractivity contribution in [1.29, 1.82) is 0 Å². The van der Waals surface area contributed by atoms with Gasteiger partial charge in [-0.1, -0.05) is 30.3 Å². The first-order valence-corrected chi connectivity index (χ1v) is 13.0. The number of nitrogens with one attached hydrogen (secondary N) is 2. The van der Waals surface area contributed by atoms with Crippen LogP contribution < -0.4 is 15.4 Å². The zero-order valence-corrected chi connectivity index (χ0v) is 22.0. The minimum absolute atomic E-state index is 0.222. The lowest BCUT2D eigenvalue weighted by molar-refractivity contribution is -0.140. The summed E-state index contributed by atoms with van der Waals surface area (Å²) in [5, 5.41) is 6.86. The summed E-state index contributed by atoms with van der Waals surface area (Å²) in [5.41, 5.74) is 1.50. The summed E-state index contributed by atoms with van der Waals surface area (Å²) in [6, 6.07) is 18.5. The van der Waals surface area contributed by atoms with Gasteiger partial charge in [0.2, 0.25) is 0 Å². The Hall–Kier alpha value is -3.79. The molecule has 0 saturated heterocycles. The number of amides is 1. The highest BCUT2D eigenvalue weighted by molar-refractivity contribution is 7.82. The fourth-order valence-electron chi connectivity index (χ4n) is 4.98. The predicted molar refractivity (Wildman–Crippen MR) is 148 cm³/mol. The second kappa shape index (κ2) is 10.8. The maximum Gasteiger partial charge on any atom is 0.433 e. The first-order chi connectivity index (χ1) is 18.6. The van der Waals surface area contributed by atoms with E-state index in [1.165, 1.54) is 6.20 Å². The molecule has 39 heavy (non-hydrogen) atoms. The molecule has 2 N–H and O–H groups in total. The third-order valence-electron chi connectivity index (χ3n) is 6.84. The van der Waals surface area contributed by atoms with Crippen molar-refractivity contribution in [2.45, 2.75) is 42.8 Å². The van der Waals surface area contributed by atoms with Gasteiger partial charge in [-0.3, -0.25) is 9.78 Å². The van der Waals surface area contributed by atoms with E-state index >= 15 is 0 Å². The number of benzene rings is 2. The summed E-state index contributed by atoms with van der Waals surface area (Å²) in [5.74, 6) is 0.414. The Balaban J connectivity index is 1.31. The third kappa shape index (κ3) is 5.95. The average Bonchev–Trinajstić information content (AvgIpc) is 2.92. The van der Waals surface area contributed by atoms with Crippen LogP contribution in [-0.2, 0) is 6.18 Å². The van der Waals surface area contributed by atoms with Gasteiger partial charge in [0.25, 0.3) is 5.91 Å². The number of alkyl halides is 3. The molecule has 2 heterocycles. The summed E-state index contributed by atoms with van der Waals surface area (Å²) in [6.45, 7) is 0. The van der Waals surface area contributed by atoms with E-state index in [9.17, 15) is 18.0 Å². The summed E-state index contributed by atoms with van der Waals surface area (Å²) in [4.78, 5) is 20.4. The highest BCUT2D eigenvalue weighted by Crippen LogP contribution is 2.39. The molecule has 1 saturated carbocycles. The number of aromatic nitrogens is 2. The molecule has 202 valence electrons. The van der Waals surface area contributed by atoms with Crippen LogP contribution in [0.5, 0.6) is 5.75 Å². The van der Waals surface area contributed by atoms with Crippen LogP contribution in [0.2, 0.25) is 0 Å². The Kier molecular flexibility index (Phi) is 7.40. The molecule has 1 fully saturated rings. The summed E-state index contributed by atoms with van der Waals surface area (Å²) in [6.07, 6.45) is -0.548. The number of hydrogen-bond donors (Lipinski definition) is 3. The van der Waals surface area contributed by atoms with Gasteiger partial charge in [0.1, 0.15) is 11.4 Å². The summed E-state index contributed by atoms with van der Waals surface area (Å²) >= 11 is 4.85.